The van der Waals surface area contributed by atoms with Crippen molar-refractivity contribution in [3.63, 3.8) is 0 Å². The summed E-state index contributed by atoms with van der Waals surface area (Å²) in [5.41, 5.74) is -0.485. The molecule has 11 heteroatoms. The van der Waals surface area contributed by atoms with E-state index in [0.29, 0.717) is 11.6 Å². The number of benzene rings is 2. The Morgan fingerprint density at radius 1 is 0.970 bits per heavy atom. The Bertz CT molecular complexity index is 1220. The van der Waals surface area contributed by atoms with Crippen LogP contribution in [-0.2, 0) is 11.0 Å². The van der Waals surface area contributed by atoms with Gasteiger partial charge in [0.1, 0.15) is 0 Å². The van der Waals surface area contributed by atoms with Crippen LogP contribution in [0.2, 0.25) is 5.02 Å². The molecule has 0 aliphatic carbocycles. The summed E-state index contributed by atoms with van der Waals surface area (Å²) in [5.74, 6) is -1.52. The Kier molecular flexibility index (Phi) is 6.98. The molecule has 0 radical (unpaired) electrons. The number of carbonyl (C=O) groups is 3. The van der Waals surface area contributed by atoms with Gasteiger partial charge in [0.25, 0.3) is 0 Å². The van der Waals surface area contributed by atoms with Gasteiger partial charge in [0.15, 0.2) is 5.78 Å². The molecule has 2 aromatic carbocycles. The van der Waals surface area contributed by atoms with Crippen molar-refractivity contribution in [3.8, 4) is 11.1 Å². The van der Waals surface area contributed by atoms with E-state index in [2.05, 4.69) is 10.3 Å². The van der Waals surface area contributed by atoms with Crippen LogP contribution in [0.25, 0.3) is 11.1 Å². The number of amides is 2. The van der Waals surface area contributed by atoms with Gasteiger partial charge >= 0.3 is 12.3 Å². The number of Topliss-reactive ketones (excluding diaryl/α,β-unsaturated/α-hetero) is 1. The first-order chi connectivity index (χ1) is 15.5. The minimum absolute atomic E-state index is 0.211. The number of carbonyl (C=O) groups excluding carboxylic acids is 2. The molecule has 0 aliphatic heterocycles. The molecule has 0 spiro atoms. The van der Waals surface area contributed by atoms with E-state index >= 15 is 0 Å². The highest BCUT2D eigenvalue weighted by atomic mass is 35.5. The number of pyridine rings is 1. The van der Waals surface area contributed by atoms with E-state index in [1.54, 1.807) is 42.7 Å². The van der Waals surface area contributed by atoms with Crippen LogP contribution < -0.4 is 10.6 Å². The molecule has 1 aromatic heterocycles. The molecule has 3 rings (SSSR count). The first-order valence-corrected chi connectivity index (χ1v) is 9.66. The van der Waals surface area contributed by atoms with E-state index in [9.17, 15) is 27.6 Å². The molecule has 0 aliphatic rings. The maximum atomic E-state index is 13.2. The summed E-state index contributed by atoms with van der Waals surface area (Å²) in [7, 11) is 0. The molecule has 0 saturated carbocycles. The number of aromatic nitrogens is 1. The number of nitrogens with one attached hydrogen (secondary N) is 2. The number of ketones is 1. The number of hydrogen-bond acceptors (Lipinski definition) is 4. The molecule has 2 amide bonds. The van der Waals surface area contributed by atoms with Gasteiger partial charge < -0.3 is 10.4 Å². The first-order valence-electron chi connectivity index (χ1n) is 9.29. The molecule has 33 heavy (non-hydrogen) atoms. The van der Waals surface area contributed by atoms with Gasteiger partial charge in [-0.3, -0.25) is 19.9 Å². The van der Waals surface area contributed by atoms with Gasteiger partial charge in [0, 0.05) is 23.5 Å². The van der Waals surface area contributed by atoms with Crippen LogP contribution >= 0.6 is 11.6 Å². The summed E-state index contributed by atoms with van der Waals surface area (Å²) in [6.45, 7) is 0. The van der Waals surface area contributed by atoms with Gasteiger partial charge in [-0.1, -0.05) is 35.9 Å². The van der Waals surface area contributed by atoms with E-state index in [4.69, 9.17) is 16.7 Å². The molecule has 0 fully saturated rings. The Balaban J connectivity index is 1.82. The van der Waals surface area contributed by atoms with E-state index in [1.807, 2.05) is 5.32 Å². The standard InChI is InChI=1S/C22H15ClF3N3O4/c23-16-9-18(29-21(32)33)17(8-15(16)22(24,25)26)28-20(31)10-19(30)13-4-1-3-12(7-13)14-5-2-6-27-11-14/h1-9,11,29H,10H2,(H,28,31)(H,32,33). The van der Waals surface area contributed by atoms with E-state index in [1.165, 1.54) is 6.07 Å². The van der Waals surface area contributed by atoms with Crippen molar-refractivity contribution in [3.05, 3.63) is 77.1 Å². The lowest BCUT2D eigenvalue weighted by Crippen LogP contribution is -2.19. The lowest BCUT2D eigenvalue weighted by molar-refractivity contribution is -0.137. The molecule has 0 bridgehead atoms. The van der Waals surface area contributed by atoms with Crippen molar-refractivity contribution < 1.29 is 32.7 Å². The minimum Gasteiger partial charge on any atom is -0.465 e. The summed E-state index contributed by atoms with van der Waals surface area (Å²) in [6.07, 6.45) is -3.92. The fourth-order valence-electron chi connectivity index (χ4n) is 2.96. The predicted octanol–water partition coefficient (Wildman–Crippen LogP) is 5.72. The summed E-state index contributed by atoms with van der Waals surface area (Å²) in [6, 6.07) is 11.2. The van der Waals surface area contributed by atoms with Gasteiger partial charge in [0.05, 0.1) is 28.4 Å². The topological polar surface area (TPSA) is 108 Å². The summed E-state index contributed by atoms with van der Waals surface area (Å²) < 4.78 is 39.5. The average molecular weight is 478 g/mol. The third-order valence-electron chi connectivity index (χ3n) is 4.43. The van der Waals surface area contributed by atoms with Crippen LogP contribution in [0.5, 0.6) is 0 Å². The Morgan fingerprint density at radius 2 is 1.67 bits per heavy atom. The maximum absolute atomic E-state index is 13.2. The van der Waals surface area contributed by atoms with Crippen molar-refractivity contribution >= 4 is 40.8 Å². The highest BCUT2D eigenvalue weighted by Crippen LogP contribution is 2.39. The van der Waals surface area contributed by atoms with E-state index in [-0.39, 0.29) is 11.3 Å². The Hall–Kier alpha value is -3.92. The van der Waals surface area contributed by atoms with Crippen LogP contribution in [0.3, 0.4) is 0 Å². The third-order valence-corrected chi connectivity index (χ3v) is 4.74. The summed E-state index contributed by atoms with van der Waals surface area (Å²) >= 11 is 5.61. The van der Waals surface area contributed by atoms with Crippen LogP contribution in [0.1, 0.15) is 22.3 Å². The van der Waals surface area contributed by atoms with E-state index < -0.39 is 46.7 Å². The van der Waals surface area contributed by atoms with Crippen molar-refractivity contribution in [1.29, 1.82) is 0 Å². The molecular weight excluding hydrogens is 463 g/mol. The number of anilines is 2. The van der Waals surface area contributed by atoms with Crippen LogP contribution in [0, 0.1) is 0 Å². The zero-order valence-corrected chi connectivity index (χ0v) is 17.4. The third kappa shape index (κ3) is 6.07. The number of rotatable bonds is 6. The number of carboxylic acid groups (broad SMARTS) is 1. The quantitative estimate of drug-likeness (QED) is 0.311. The molecule has 3 N–H and O–H groups in total. The van der Waals surface area contributed by atoms with E-state index in [0.717, 1.165) is 11.6 Å². The first kappa shape index (κ1) is 23.7. The van der Waals surface area contributed by atoms with Gasteiger partial charge in [-0.2, -0.15) is 13.2 Å². The second-order valence-corrected chi connectivity index (χ2v) is 7.18. The molecule has 7 nitrogen and oxygen atoms in total. The van der Waals surface area contributed by atoms with Gasteiger partial charge in [-0.15, -0.1) is 0 Å². The number of halogens is 4. The summed E-state index contributed by atoms with van der Waals surface area (Å²) in [5, 5.41) is 12.2. The Morgan fingerprint density at radius 3 is 2.30 bits per heavy atom. The van der Waals surface area contributed by atoms with Crippen LogP contribution in [0.4, 0.5) is 29.3 Å². The van der Waals surface area contributed by atoms with Crippen molar-refractivity contribution in [2.45, 2.75) is 12.6 Å². The molecule has 0 unspecified atom stereocenters. The van der Waals surface area contributed by atoms with Gasteiger partial charge in [-0.05, 0) is 29.8 Å². The molecule has 3 aromatic rings. The van der Waals surface area contributed by atoms with Crippen molar-refractivity contribution in [2.75, 3.05) is 10.6 Å². The lowest BCUT2D eigenvalue weighted by atomic mass is 10.0. The zero-order chi connectivity index (χ0) is 24.2. The SMILES string of the molecule is O=C(O)Nc1cc(Cl)c(C(F)(F)F)cc1NC(=O)CC(=O)c1cccc(-c2cccnc2)c1. The van der Waals surface area contributed by atoms with Crippen LogP contribution in [-0.4, -0.2) is 27.9 Å². The number of nitrogens with zero attached hydrogens (tertiary/aromatic N) is 1. The van der Waals surface area contributed by atoms with Gasteiger partial charge in [-0.25, -0.2) is 4.79 Å². The predicted molar refractivity (Wildman–Crippen MR) is 115 cm³/mol. The lowest BCUT2D eigenvalue weighted by Gasteiger charge is -2.16. The number of hydrogen-bond donors (Lipinski definition) is 3. The smallest absolute Gasteiger partial charge is 0.417 e. The molecule has 0 saturated heterocycles. The normalized spacial score (nSPS) is 11.0. The van der Waals surface area contributed by atoms with Crippen molar-refractivity contribution in [1.82, 2.24) is 4.98 Å². The molecule has 170 valence electrons. The van der Waals surface area contributed by atoms with Gasteiger partial charge in [0.2, 0.25) is 5.91 Å². The molecule has 0 atom stereocenters. The largest absolute Gasteiger partial charge is 0.465 e. The number of alkyl halides is 3. The minimum atomic E-state index is -4.85. The highest BCUT2D eigenvalue weighted by molar-refractivity contribution is 6.32. The second-order valence-electron chi connectivity index (χ2n) is 6.78. The average Bonchev–Trinajstić information content (AvgIpc) is 2.75. The zero-order valence-electron chi connectivity index (χ0n) is 16.6. The van der Waals surface area contributed by atoms with Crippen LogP contribution in [0.15, 0.2) is 60.9 Å². The molecule has 1 heterocycles. The maximum Gasteiger partial charge on any atom is 0.417 e. The molecular formula is C22H15ClF3N3O4. The second kappa shape index (κ2) is 9.70. The fraction of sp³-hybridized carbons (Fsp3) is 0.0909. The fourth-order valence-corrected chi connectivity index (χ4v) is 3.23. The van der Waals surface area contributed by atoms with Crippen molar-refractivity contribution in [2.24, 2.45) is 0 Å². The highest BCUT2D eigenvalue weighted by Gasteiger charge is 2.34. The Labute approximate surface area is 190 Å². The summed E-state index contributed by atoms with van der Waals surface area (Å²) in [4.78, 5) is 40.0. The monoisotopic (exact) mass is 477 g/mol.